The molecule has 0 aromatic rings. The monoisotopic (exact) mass is 970 g/mol. The van der Waals surface area contributed by atoms with E-state index < -0.39 is 12.1 Å². The van der Waals surface area contributed by atoms with E-state index in [4.69, 9.17) is 4.74 Å². The number of aliphatic hydroxyl groups is 2. The SMILES string of the molecule is CCCCCC/C=C\C/C=C\CCCCCCCCCC(=O)OCCCCCCCC/C=C\CCCCCC(=O)NC(CO)C(O)CCCCCCCCCCCCCCCCCCCCCCC. The van der Waals surface area contributed by atoms with Gasteiger partial charge in [0, 0.05) is 12.8 Å². The third-order valence-electron chi connectivity index (χ3n) is 14.2. The molecule has 2 atom stereocenters. The maximum absolute atomic E-state index is 12.5. The number of carbonyl (C=O) groups is 2. The van der Waals surface area contributed by atoms with Crippen LogP contribution in [-0.2, 0) is 14.3 Å². The second-order valence-corrected chi connectivity index (χ2v) is 21.0. The number of aliphatic hydroxyl groups excluding tert-OH is 2. The number of nitrogens with one attached hydrogen (secondary N) is 1. The molecule has 2 unspecified atom stereocenters. The molecule has 406 valence electrons. The Morgan fingerprint density at radius 1 is 0.406 bits per heavy atom. The van der Waals surface area contributed by atoms with Crippen LogP contribution in [0.5, 0.6) is 0 Å². The highest BCUT2D eigenvalue weighted by Gasteiger charge is 2.20. The molecule has 0 aliphatic heterocycles. The lowest BCUT2D eigenvalue weighted by atomic mass is 10.0. The lowest BCUT2D eigenvalue weighted by Gasteiger charge is -2.22. The van der Waals surface area contributed by atoms with E-state index in [1.165, 1.54) is 218 Å². The lowest BCUT2D eigenvalue weighted by Crippen LogP contribution is -2.45. The summed E-state index contributed by atoms with van der Waals surface area (Å²) < 4.78 is 5.47. The van der Waals surface area contributed by atoms with Crippen LogP contribution in [0.4, 0.5) is 0 Å². The fourth-order valence-electron chi connectivity index (χ4n) is 9.43. The highest BCUT2D eigenvalue weighted by atomic mass is 16.5. The first-order valence-electron chi connectivity index (χ1n) is 30.7. The third-order valence-corrected chi connectivity index (χ3v) is 14.2. The molecule has 0 saturated heterocycles. The maximum atomic E-state index is 12.5. The molecular formula is C63H119NO5. The standard InChI is InChI=1S/C63H119NO5/c1-3-5-7-9-11-13-15-17-19-21-23-24-25-26-28-31-35-39-43-47-51-55-61(66)60(59-65)64-62(67)56-52-48-44-40-36-32-30-34-38-42-46-50-54-58-69-63(68)57-53-49-45-41-37-33-29-27-22-20-18-16-14-12-10-8-6-4-2/h14,16,20,22,32,36,60-61,65-66H,3-13,15,17-19,21,23-31,33-35,37-59H2,1-2H3,(H,64,67)/b16-14-,22-20-,36-32-. The summed E-state index contributed by atoms with van der Waals surface area (Å²) in [6, 6.07) is -0.564. The molecule has 0 fully saturated rings. The van der Waals surface area contributed by atoms with Gasteiger partial charge in [-0.2, -0.15) is 0 Å². The molecule has 0 spiro atoms. The van der Waals surface area contributed by atoms with Crippen molar-refractivity contribution in [1.82, 2.24) is 5.32 Å². The summed E-state index contributed by atoms with van der Waals surface area (Å²) in [4.78, 5) is 24.6. The van der Waals surface area contributed by atoms with Crippen molar-refractivity contribution in [3.05, 3.63) is 36.5 Å². The molecule has 0 aromatic carbocycles. The molecule has 69 heavy (non-hydrogen) atoms. The zero-order valence-electron chi connectivity index (χ0n) is 46.3. The summed E-state index contributed by atoms with van der Waals surface area (Å²) in [5.41, 5.74) is 0. The van der Waals surface area contributed by atoms with Gasteiger partial charge in [-0.1, -0.05) is 269 Å². The average molecular weight is 971 g/mol. The van der Waals surface area contributed by atoms with Crippen LogP contribution in [0.25, 0.3) is 0 Å². The van der Waals surface area contributed by atoms with Gasteiger partial charge in [0.15, 0.2) is 0 Å². The van der Waals surface area contributed by atoms with Crippen LogP contribution in [0.1, 0.15) is 328 Å². The van der Waals surface area contributed by atoms with Crippen molar-refractivity contribution in [3.8, 4) is 0 Å². The molecule has 0 rings (SSSR count). The Kier molecular flexibility index (Phi) is 57.0. The number of unbranched alkanes of at least 4 members (excludes halogenated alkanes) is 40. The molecule has 0 bridgehead atoms. The highest BCUT2D eigenvalue weighted by Crippen LogP contribution is 2.17. The normalized spacial score (nSPS) is 12.8. The number of carbonyl (C=O) groups excluding carboxylic acids is 2. The van der Waals surface area contributed by atoms with Gasteiger partial charge >= 0.3 is 5.97 Å². The Balaban J connectivity index is 3.49. The van der Waals surface area contributed by atoms with Crippen LogP contribution in [0.3, 0.4) is 0 Å². The van der Waals surface area contributed by atoms with Crippen LogP contribution >= 0.6 is 0 Å². The van der Waals surface area contributed by atoms with Gasteiger partial charge in [-0.3, -0.25) is 9.59 Å². The van der Waals surface area contributed by atoms with Gasteiger partial charge in [0.2, 0.25) is 5.91 Å². The van der Waals surface area contributed by atoms with Gasteiger partial charge in [0.1, 0.15) is 0 Å². The molecule has 0 aromatic heterocycles. The molecular weight excluding hydrogens is 851 g/mol. The fraction of sp³-hybridized carbons (Fsp3) is 0.873. The second kappa shape index (κ2) is 58.6. The summed E-state index contributed by atoms with van der Waals surface area (Å²) in [6.07, 6.45) is 72.8. The molecule has 3 N–H and O–H groups in total. The Morgan fingerprint density at radius 3 is 1.14 bits per heavy atom. The van der Waals surface area contributed by atoms with Crippen LogP contribution in [-0.4, -0.2) is 47.4 Å². The molecule has 1 amide bonds. The minimum absolute atomic E-state index is 0.0194. The zero-order valence-corrected chi connectivity index (χ0v) is 46.3. The number of esters is 1. The predicted octanol–water partition coefficient (Wildman–Crippen LogP) is 19.2. The van der Waals surface area contributed by atoms with Gasteiger partial charge in [-0.15, -0.1) is 0 Å². The second-order valence-electron chi connectivity index (χ2n) is 21.0. The van der Waals surface area contributed by atoms with Crippen molar-refractivity contribution in [2.45, 2.75) is 341 Å². The molecule has 6 nitrogen and oxygen atoms in total. The number of allylic oxidation sites excluding steroid dienone is 6. The van der Waals surface area contributed by atoms with Crippen LogP contribution in [0.15, 0.2) is 36.5 Å². The number of amides is 1. The number of hydrogen-bond acceptors (Lipinski definition) is 5. The summed E-state index contributed by atoms with van der Waals surface area (Å²) in [5.74, 6) is -0.0822. The summed E-state index contributed by atoms with van der Waals surface area (Å²) in [6.45, 7) is 4.91. The van der Waals surface area contributed by atoms with E-state index in [1.807, 2.05) is 0 Å². The van der Waals surface area contributed by atoms with E-state index >= 15 is 0 Å². The Morgan fingerprint density at radius 2 is 0.725 bits per heavy atom. The van der Waals surface area contributed by atoms with E-state index in [9.17, 15) is 19.8 Å². The summed E-state index contributed by atoms with van der Waals surface area (Å²) in [5, 5.41) is 23.3. The quantitative estimate of drug-likeness (QED) is 0.0321. The van der Waals surface area contributed by atoms with E-state index in [1.54, 1.807) is 0 Å². The van der Waals surface area contributed by atoms with E-state index in [0.29, 0.717) is 25.9 Å². The molecule has 0 aliphatic rings. The highest BCUT2D eigenvalue weighted by molar-refractivity contribution is 5.76. The van der Waals surface area contributed by atoms with Gasteiger partial charge in [-0.05, 0) is 83.5 Å². The topological polar surface area (TPSA) is 95.9 Å². The van der Waals surface area contributed by atoms with Gasteiger partial charge in [-0.25, -0.2) is 0 Å². The molecule has 0 saturated carbocycles. The number of ether oxygens (including phenoxy) is 1. The van der Waals surface area contributed by atoms with Gasteiger partial charge < -0.3 is 20.3 Å². The molecule has 6 heteroatoms. The van der Waals surface area contributed by atoms with Crippen LogP contribution in [0, 0.1) is 0 Å². The first-order valence-corrected chi connectivity index (χ1v) is 30.7. The largest absolute Gasteiger partial charge is 0.466 e. The Hall–Kier alpha value is -1.92. The van der Waals surface area contributed by atoms with Crippen molar-refractivity contribution in [2.75, 3.05) is 13.2 Å². The number of rotatable bonds is 57. The smallest absolute Gasteiger partial charge is 0.305 e. The number of hydrogen-bond donors (Lipinski definition) is 3. The van der Waals surface area contributed by atoms with Gasteiger partial charge in [0.05, 0.1) is 25.4 Å². The molecule has 0 heterocycles. The predicted molar refractivity (Wildman–Crippen MR) is 301 cm³/mol. The van der Waals surface area contributed by atoms with E-state index in [-0.39, 0.29) is 18.5 Å². The molecule has 0 aliphatic carbocycles. The first-order chi connectivity index (χ1) is 34.0. The zero-order chi connectivity index (χ0) is 50.0. The van der Waals surface area contributed by atoms with Crippen LogP contribution < -0.4 is 5.32 Å². The third kappa shape index (κ3) is 55.2. The van der Waals surface area contributed by atoms with Crippen molar-refractivity contribution in [2.24, 2.45) is 0 Å². The average Bonchev–Trinajstić information content (AvgIpc) is 3.35. The maximum Gasteiger partial charge on any atom is 0.305 e. The Bertz CT molecular complexity index is 1120. The van der Waals surface area contributed by atoms with Crippen molar-refractivity contribution < 1.29 is 24.5 Å². The van der Waals surface area contributed by atoms with Gasteiger partial charge in [0.25, 0.3) is 0 Å². The minimum atomic E-state index is -0.683. The summed E-state index contributed by atoms with van der Waals surface area (Å²) in [7, 11) is 0. The Labute approximate surface area is 430 Å². The summed E-state index contributed by atoms with van der Waals surface area (Å²) >= 11 is 0. The van der Waals surface area contributed by atoms with Crippen molar-refractivity contribution >= 4 is 11.9 Å². The van der Waals surface area contributed by atoms with E-state index in [0.717, 1.165) is 77.0 Å². The van der Waals surface area contributed by atoms with E-state index in [2.05, 4.69) is 55.6 Å². The molecule has 0 radical (unpaired) electrons. The van der Waals surface area contributed by atoms with Crippen molar-refractivity contribution in [3.63, 3.8) is 0 Å². The lowest BCUT2D eigenvalue weighted by molar-refractivity contribution is -0.143. The van der Waals surface area contributed by atoms with Crippen LogP contribution in [0.2, 0.25) is 0 Å². The minimum Gasteiger partial charge on any atom is -0.466 e. The fourth-order valence-corrected chi connectivity index (χ4v) is 9.43. The van der Waals surface area contributed by atoms with Crippen molar-refractivity contribution in [1.29, 1.82) is 0 Å². The first kappa shape index (κ1) is 67.1.